The summed E-state index contributed by atoms with van der Waals surface area (Å²) in [4.78, 5) is 24.1. The Hall–Kier alpha value is -1.95. The molecule has 0 atom stereocenters. The second-order valence-electron chi connectivity index (χ2n) is 4.72. The third-order valence-corrected chi connectivity index (χ3v) is 3.08. The molecule has 0 heterocycles. The van der Waals surface area contributed by atoms with Crippen molar-refractivity contribution in [3.63, 3.8) is 0 Å². The van der Waals surface area contributed by atoms with E-state index in [0.717, 1.165) is 13.0 Å². The van der Waals surface area contributed by atoms with Gasteiger partial charge in [-0.3, -0.25) is 19.8 Å². The topological polar surface area (TPSA) is 72.7 Å². The maximum atomic E-state index is 11.5. The molecule has 1 rings (SSSR count). The van der Waals surface area contributed by atoms with Crippen molar-refractivity contribution in [2.45, 2.75) is 26.7 Å². The van der Waals surface area contributed by atoms with Crippen LogP contribution in [0.3, 0.4) is 0 Å². The Morgan fingerprint density at radius 1 is 1.29 bits per heavy atom. The summed E-state index contributed by atoms with van der Waals surface area (Å²) >= 11 is 0. The van der Waals surface area contributed by atoms with Gasteiger partial charge in [0.15, 0.2) is 0 Å². The van der Waals surface area contributed by atoms with Gasteiger partial charge in [0.05, 0.1) is 18.1 Å². The standard InChI is InChI=1S/C15H22N2O4/c1-3-10-16(12-15(18)21-4-2)11-9-13-7-5-6-8-14(13)17(19)20/h5-8H,3-4,9-12H2,1-2H3. The van der Waals surface area contributed by atoms with E-state index >= 15 is 0 Å². The highest BCUT2D eigenvalue weighted by Crippen LogP contribution is 2.18. The fourth-order valence-electron chi connectivity index (χ4n) is 2.15. The van der Waals surface area contributed by atoms with Crippen LogP contribution in [0.25, 0.3) is 0 Å². The van der Waals surface area contributed by atoms with Crippen LogP contribution in [0.5, 0.6) is 0 Å². The molecule has 0 aromatic heterocycles. The number of ether oxygens (including phenoxy) is 1. The Kier molecular flexibility index (Phi) is 7.39. The first-order valence-electron chi connectivity index (χ1n) is 7.18. The van der Waals surface area contributed by atoms with Gasteiger partial charge in [-0.25, -0.2) is 0 Å². The van der Waals surface area contributed by atoms with Crippen molar-refractivity contribution < 1.29 is 14.5 Å². The van der Waals surface area contributed by atoms with Gasteiger partial charge in [-0.1, -0.05) is 25.1 Å². The molecule has 0 aliphatic rings. The molecule has 0 saturated carbocycles. The van der Waals surface area contributed by atoms with Crippen LogP contribution in [0, 0.1) is 10.1 Å². The molecule has 116 valence electrons. The molecular formula is C15H22N2O4. The minimum atomic E-state index is -0.370. The fraction of sp³-hybridized carbons (Fsp3) is 0.533. The van der Waals surface area contributed by atoms with Gasteiger partial charge in [0.25, 0.3) is 5.69 Å². The molecule has 0 spiro atoms. The summed E-state index contributed by atoms with van der Waals surface area (Å²) in [5.74, 6) is -0.256. The number of carbonyl (C=O) groups excluding carboxylic acids is 1. The van der Waals surface area contributed by atoms with Crippen LogP contribution in [0.1, 0.15) is 25.8 Å². The molecule has 0 N–H and O–H groups in total. The first-order valence-corrected chi connectivity index (χ1v) is 7.18. The van der Waals surface area contributed by atoms with Crippen LogP contribution in [0.2, 0.25) is 0 Å². The summed E-state index contributed by atoms with van der Waals surface area (Å²) in [5, 5.41) is 11.0. The summed E-state index contributed by atoms with van der Waals surface area (Å²) in [6.07, 6.45) is 1.45. The van der Waals surface area contributed by atoms with Crippen molar-refractivity contribution in [3.8, 4) is 0 Å². The number of hydrogen-bond acceptors (Lipinski definition) is 5. The van der Waals surface area contributed by atoms with Crippen molar-refractivity contribution in [2.24, 2.45) is 0 Å². The van der Waals surface area contributed by atoms with Crippen molar-refractivity contribution in [1.82, 2.24) is 4.90 Å². The Morgan fingerprint density at radius 3 is 2.62 bits per heavy atom. The van der Waals surface area contributed by atoms with Gasteiger partial charge in [0.1, 0.15) is 0 Å². The monoisotopic (exact) mass is 294 g/mol. The molecule has 0 unspecified atom stereocenters. The second kappa shape index (κ2) is 9.07. The van der Waals surface area contributed by atoms with E-state index in [4.69, 9.17) is 4.74 Å². The van der Waals surface area contributed by atoms with E-state index < -0.39 is 0 Å². The third kappa shape index (κ3) is 5.91. The van der Waals surface area contributed by atoms with Gasteiger partial charge < -0.3 is 4.74 Å². The van der Waals surface area contributed by atoms with Crippen LogP contribution in [0.4, 0.5) is 5.69 Å². The summed E-state index contributed by atoms with van der Waals surface area (Å²) in [7, 11) is 0. The molecule has 6 nitrogen and oxygen atoms in total. The maximum Gasteiger partial charge on any atom is 0.320 e. The maximum absolute atomic E-state index is 11.5. The average molecular weight is 294 g/mol. The van der Waals surface area contributed by atoms with Crippen LogP contribution >= 0.6 is 0 Å². The third-order valence-electron chi connectivity index (χ3n) is 3.08. The van der Waals surface area contributed by atoms with Gasteiger partial charge in [-0.15, -0.1) is 0 Å². The van der Waals surface area contributed by atoms with Crippen LogP contribution < -0.4 is 0 Å². The largest absolute Gasteiger partial charge is 0.465 e. The molecule has 0 aliphatic carbocycles. The fourth-order valence-corrected chi connectivity index (χ4v) is 2.15. The number of esters is 1. The molecule has 0 aliphatic heterocycles. The number of benzene rings is 1. The minimum Gasteiger partial charge on any atom is -0.465 e. The second-order valence-corrected chi connectivity index (χ2v) is 4.72. The van der Waals surface area contributed by atoms with E-state index in [1.165, 1.54) is 6.07 Å². The van der Waals surface area contributed by atoms with E-state index in [2.05, 4.69) is 0 Å². The number of nitrogens with zero attached hydrogens (tertiary/aromatic N) is 2. The van der Waals surface area contributed by atoms with E-state index in [1.54, 1.807) is 25.1 Å². The summed E-state index contributed by atoms with van der Waals surface area (Å²) in [6, 6.07) is 6.71. The lowest BCUT2D eigenvalue weighted by molar-refractivity contribution is -0.385. The van der Waals surface area contributed by atoms with Gasteiger partial charge >= 0.3 is 5.97 Å². The van der Waals surface area contributed by atoms with E-state index in [0.29, 0.717) is 25.1 Å². The van der Waals surface area contributed by atoms with Gasteiger partial charge in [0, 0.05) is 18.2 Å². The van der Waals surface area contributed by atoms with Gasteiger partial charge in [-0.05, 0) is 26.3 Å². The van der Waals surface area contributed by atoms with Crippen molar-refractivity contribution in [2.75, 3.05) is 26.2 Å². The Morgan fingerprint density at radius 2 is 2.00 bits per heavy atom. The number of rotatable bonds is 9. The zero-order valence-corrected chi connectivity index (χ0v) is 12.6. The predicted octanol–water partition coefficient (Wildman–Crippen LogP) is 2.41. The highest BCUT2D eigenvalue weighted by atomic mass is 16.6. The summed E-state index contributed by atoms with van der Waals surface area (Å²) in [5.41, 5.74) is 0.817. The van der Waals surface area contributed by atoms with Crippen molar-refractivity contribution >= 4 is 11.7 Å². The van der Waals surface area contributed by atoms with E-state index in [1.807, 2.05) is 11.8 Å². The molecule has 21 heavy (non-hydrogen) atoms. The molecule has 6 heteroatoms. The number of para-hydroxylation sites is 1. The molecule has 0 radical (unpaired) electrons. The molecule has 0 amide bonds. The lowest BCUT2D eigenvalue weighted by atomic mass is 10.1. The highest BCUT2D eigenvalue weighted by molar-refractivity contribution is 5.71. The van der Waals surface area contributed by atoms with E-state index in [-0.39, 0.29) is 23.1 Å². The Bertz CT molecular complexity index is 476. The predicted molar refractivity (Wildman–Crippen MR) is 80.2 cm³/mol. The molecule has 0 saturated heterocycles. The van der Waals surface area contributed by atoms with Crippen molar-refractivity contribution in [3.05, 3.63) is 39.9 Å². The van der Waals surface area contributed by atoms with Gasteiger partial charge in [-0.2, -0.15) is 0 Å². The number of nitro groups is 1. The number of hydrogen-bond donors (Lipinski definition) is 0. The zero-order valence-electron chi connectivity index (χ0n) is 12.6. The summed E-state index contributed by atoms with van der Waals surface area (Å²) in [6.45, 7) is 5.75. The molecule has 0 fully saturated rings. The average Bonchev–Trinajstić information content (AvgIpc) is 2.45. The normalized spacial score (nSPS) is 10.6. The Balaban J connectivity index is 2.64. The first-order chi connectivity index (χ1) is 10.1. The minimum absolute atomic E-state index is 0.130. The lowest BCUT2D eigenvalue weighted by Crippen LogP contribution is -2.33. The molecule has 0 bridgehead atoms. The smallest absolute Gasteiger partial charge is 0.320 e. The quantitative estimate of drug-likeness (QED) is 0.397. The first kappa shape index (κ1) is 17.1. The van der Waals surface area contributed by atoms with Crippen LogP contribution in [-0.2, 0) is 16.0 Å². The number of nitro benzene ring substituents is 1. The SMILES string of the molecule is CCCN(CCc1ccccc1[N+](=O)[O-])CC(=O)OCC. The van der Waals surface area contributed by atoms with Crippen LogP contribution in [0.15, 0.2) is 24.3 Å². The molecule has 1 aromatic rings. The zero-order chi connectivity index (χ0) is 15.7. The van der Waals surface area contributed by atoms with E-state index in [9.17, 15) is 14.9 Å². The lowest BCUT2D eigenvalue weighted by Gasteiger charge is -2.20. The van der Waals surface area contributed by atoms with Gasteiger partial charge in [0.2, 0.25) is 0 Å². The Labute approximate surface area is 124 Å². The molecule has 1 aromatic carbocycles. The number of carbonyl (C=O) groups is 1. The highest BCUT2D eigenvalue weighted by Gasteiger charge is 2.15. The van der Waals surface area contributed by atoms with Crippen molar-refractivity contribution in [1.29, 1.82) is 0 Å². The summed E-state index contributed by atoms with van der Waals surface area (Å²) < 4.78 is 4.94. The molecular weight excluding hydrogens is 272 g/mol. The van der Waals surface area contributed by atoms with Crippen LogP contribution in [-0.4, -0.2) is 42.0 Å².